The molecule has 1 aliphatic heterocycles. The largest absolute Gasteiger partial charge is 0.326 e. The molecule has 100 valence electrons. The smallest absolute Gasteiger partial charge is 0.248 e. The molecule has 1 aromatic rings. The Kier molecular flexibility index (Phi) is 2.31. The van der Waals surface area contributed by atoms with Gasteiger partial charge in [0.1, 0.15) is 0 Å². The first kappa shape index (κ1) is 11.5. The Balaban J connectivity index is 1.95. The third-order valence-corrected chi connectivity index (χ3v) is 5.26. The predicted molar refractivity (Wildman–Crippen MR) is 75.0 cm³/mol. The molecule has 1 aromatic heterocycles. The lowest BCUT2D eigenvalue weighted by Gasteiger charge is -2.54. The van der Waals surface area contributed by atoms with Crippen LogP contribution in [0.1, 0.15) is 37.4 Å². The quantitative estimate of drug-likeness (QED) is 0.698. The molecule has 1 saturated heterocycles. The zero-order chi connectivity index (χ0) is 13.0. The van der Waals surface area contributed by atoms with Gasteiger partial charge in [-0.3, -0.25) is 4.79 Å². The van der Waals surface area contributed by atoms with Crippen LogP contribution in [0, 0.1) is 11.8 Å². The Morgan fingerprint density at radius 1 is 1.37 bits per heavy atom. The molecule has 1 fully saturated rings. The SMILES string of the molecule is CC1=CC2Cc3[nH]c(=O)ccc3[C@]3(C1)NCCCC23. The highest BCUT2D eigenvalue weighted by Gasteiger charge is 2.51. The Morgan fingerprint density at radius 3 is 3.16 bits per heavy atom. The molecule has 3 heteroatoms. The summed E-state index contributed by atoms with van der Waals surface area (Å²) in [6.07, 6.45) is 7.11. The topological polar surface area (TPSA) is 44.9 Å². The Hall–Kier alpha value is -1.35. The average Bonchev–Trinajstić information content (AvgIpc) is 2.37. The van der Waals surface area contributed by atoms with Crippen LogP contribution in [0.5, 0.6) is 0 Å². The summed E-state index contributed by atoms with van der Waals surface area (Å²) in [6.45, 7) is 3.34. The zero-order valence-corrected chi connectivity index (χ0v) is 11.3. The second-order valence-corrected chi connectivity index (χ2v) is 6.42. The summed E-state index contributed by atoms with van der Waals surface area (Å²) >= 11 is 0. The number of H-pyrrole nitrogens is 1. The van der Waals surface area contributed by atoms with Crippen molar-refractivity contribution in [2.24, 2.45) is 11.8 Å². The highest BCUT2D eigenvalue weighted by molar-refractivity contribution is 5.39. The van der Waals surface area contributed by atoms with E-state index in [1.165, 1.54) is 24.0 Å². The molecule has 4 rings (SSSR count). The maximum absolute atomic E-state index is 11.6. The summed E-state index contributed by atoms with van der Waals surface area (Å²) in [6, 6.07) is 3.75. The van der Waals surface area contributed by atoms with Gasteiger partial charge in [0.05, 0.1) is 5.54 Å². The second-order valence-electron chi connectivity index (χ2n) is 6.42. The van der Waals surface area contributed by atoms with Gasteiger partial charge >= 0.3 is 0 Å². The van der Waals surface area contributed by atoms with Crippen LogP contribution in [0.15, 0.2) is 28.6 Å². The van der Waals surface area contributed by atoms with Gasteiger partial charge in [-0.2, -0.15) is 0 Å². The lowest BCUT2D eigenvalue weighted by atomic mass is 9.57. The molecule has 19 heavy (non-hydrogen) atoms. The van der Waals surface area contributed by atoms with Crippen LogP contribution >= 0.6 is 0 Å². The van der Waals surface area contributed by atoms with Gasteiger partial charge in [-0.1, -0.05) is 11.6 Å². The predicted octanol–water partition coefficient (Wildman–Crippen LogP) is 2.09. The third-order valence-electron chi connectivity index (χ3n) is 5.26. The summed E-state index contributed by atoms with van der Waals surface area (Å²) in [4.78, 5) is 14.7. The molecule has 3 aliphatic rings. The Labute approximate surface area is 113 Å². The van der Waals surface area contributed by atoms with Crippen molar-refractivity contribution in [1.82, 2.24) is 10.3 Å². The molecular formula is C16H20N2O. The molecule has 2 bridgehead atoms. The van der Waals surface area contributed by atoms with E-state index < -0.39 is 0 Å². The maximum atomic E-state index is 11.6. The number of aromatic nitrogens is 1. The van der Waals surface area contributed by atoms with E-state index in [0.29, 0.717) is 11.8 Å². The maximum Gasteiger partial charge on any atom is 0.248 e. The number of hydrogen-bond acceptors (Lipinski definition) is 2. The van der Waals surface area contributed by atoms with E-state index in [1.807, 2.05) is 0 Å². The first-order chi connectivity index (χ1) is 9.19. The molecule has 0 amide bonds. The van der Waals surface area contributed by atoms with E-state index in [4.69, 9.17) is 0 Å². The van der Waals surface area contributed by atoms with Gasteiger partial charge in [0.15, 0.2) is 0 Å². The number of fused-ring (bicyclic) bond motifs is 1. The molecule has 0 spiro atoms. The normalized spacial score (nSPS) is 36.2. The molecule has 2 N–H and O–H groups in total. The molecule has 2 unspecified atom stereocenters. The number of rotatable bonds is 0. The van der Waals surface area contributed by atoms with Gasteiger partial charge in [-0.25, -0.2) is 0 Å². The number of allylic oxidation sites excluding steroid dienone is 1. The molecule has 3 nitrogen and oxygen atoms in total. The van der Waals surface area contributed by atoms with E-state index in [1.54, 1.807) is 6.07 Å². The van der Waals surface area contributed by atoms with Crippen molar-refractivity contribution >= 4 is 0 Å². The number of nitrogens with one attached hydrogen (secondary N) is 2. The lowest BCUT2D eigenvalue weighted by Crippen LogP contribution is -2.58. The minimum absolute atomic E-state index is 0.0307. The molecule has 0 aromatic carbocycles. The fourth-order valence-electron chi connectivity index (χ4n) is 4.69. The van der Waals surface area contributed by atoms with Gasteiger partial charge < -0.3 is 10.3 Å². The van der Waals surface area contributed by atoms with E-state index in [-0.39, 0.29) is 11.1 Å². The van der Waals surface area contributed by atoms with E-state index in [0.717, 1.165) is 25.1 Å². The van der Waals surface area contributed by atoms with Crippen molar-refractivity contribution in [2.75, 3.05) is 6.54 Å². The summed E-state index contributed by atoms with van der Waals surface area (Å²) < 4.78 is 0. The minimum Gasteiger partial charge on any atom is -0.326 e. The fraction of sp³-hybridized carbons (Fsp3) is 0.562. The molecule has 2 heterocycles. The first-order valence-corrected chi connectivity index (χ1v) is 7.34. The molecule has 0 saturated carbocycles. The van der Waals surface area contributed by atoms with Crippen LogP contribution in [0.2, 0.25) is 0 Å². The van der Waals surface area contributed by atoms with Crippen LogP contribution in [0.3, 0.4) is 0 Å². The van der Waals surface area contributed by atoms with Gasteiger partial charge in [0.2, 0.25) is 5.56 Å². The minimum atomic E-state index is 0.0307. The van der Waals surface area contributed by atoms with Crippen LogP contribution in [-0.4, -0.2) is 11.5 Å². The van der Waals surface area contributed by atoms with Crippen LogP contribution < -0.4 is 10.9 Å². The van der Waals surface area contributed by atoms with Crippen molar-refractivity contribution in [2.45, 2.75) is 38.1 Å². The van der Waals surface area contributed by atoms with Gasteiger partial charge in [-0.15, -0.1) is 0 Å². The number of pyridine rings is 1. The van der Waals surface area contributed by atoms with Gasteiger partial charge in [0.25, 0.3) is 0 Å². The number of piperidine rings is 1. The van der Waals surface area contributed by atoms with Crippen molar-refractivity contribution in [3.05, 3.63) is 45.4 Å². The Morgan fingerprint density at radius 2 is 2.26 bits per heavy atom. The van der Waals surface area contributed by atoms with Crippen LogP contribution in [0.4, 0.5) is 0 Å². The van der Waals surface area contributed by atoms with Crippen molar-refractivity contribution in [1.29, 1.82) is 0 Å². The molecule has 2 aliphatic carbocycles. The average molecular weight is 256 g/mol. The standard InChI is InChI=1S/C16H20N2O/c1-10-7-11-8-14-13(4-5-15(19)18-14)16(9-10)12(11)3-2-6-17-16/h4-5,7,11-12,17H,2-3,6,8-9H2,1H3,(H,18,19)/t11?,12?,16-/m1/s1. The number of hydrogen-bond donors (Lipinski definition) is 2. The molecule has 0 radical (unpaired) electrons. The van der Waals surface area contributed by atoms with Gasteiger partial charge in [-0.05, 0) is 62.6 Å². The zero-order valence-electron chi connectivity index (χ0n) is 11.3. The van der Waals surface area contributed by atoms with E-state index in [9.17, 15) is 4.79 Å². The van der Waals surface area contributed by atoms with E-state index in [2.05, 4.69) is 29.4 Å². The number of aromatic amines is 1. The van der Waals surface area contributed by atoms with Crippen LogP contribution in [0.25, 0.3) is 0 Å². The highest BCUT2D eigenvalue weighted by atomic mass is 16.1. The fourth-order valence-corrected chi connectivity index (χ4v) is 4.69. The monoisotopic (exact) mass is 256 g/mol. The summed E-state index contributed by atoms with van der Waals surface area (Å²) in [5.74, 6) is 1.29. The Bertz CT molecular complexity index is 615. The summed E-state index contributed by atoms with van der Waals surface area (Å²) in [7, 11) is 0. The lowest BCUT2D eigenvalue weighted by molar-refractivity contribution is 0.0883. The summed E-state index contributed by atoms with van der Waals surface area (Å²) in [5.41, 5.74) is 4.11. The molecule has 3 atom stereocenters. The molecular weight excluding hydrogens is 236 g/mol. The van der Waals surface area contributed by atoms with Crippen molar-refractivity contribution < 1.29 is 0 Å². The van der Waals surface area contributed by atoms with Crippen LogP contribution in [-0.2, 0) is 12.0 Å². The second kappa shape index (κ2) is 3.83. The van der Waals surface area contributed by atoms with Crippen molar-refractivity contribution in [3.8, 4) is 0 Å². The van der Waals surface area contributed by atoms with E-state index >= 15 is 0 Å². The first-order valence-electron chi connectivity index (χ1n) is 7.34. The highest BCUT2D eigenvalue weighted by Crippen LogP contribution is 2.52. The van der Waals surface area contributed by atoms with Gasteiger partial charge in [0, 0.05) is 11.8 Å². The summed E-state index contributed by atoms with van der Waals surface area (Å²) in [5, 5.41) is 3.81. The van der Waals surface area contributed by atoms with Crippen molar-refractivity contribution in [3.63, 3.8) is 0 Å². The third kappa shape index (κ3) is 1.51.